The minimum Gasteiger partial charge on any atom is -0.320 e. The first-order valence-corrected chi connectivity index (χ1v) is 8.77. The van der Waals surface area contributed by atoms with Crippen LogP contribution in [0, 0.1) is 0 Å². The smallest absolute Gasteiger partial charge is 0.320 e. The second-order valence-electron chi connectivity index (χ2n) is 5.35. The molecule has 1 N–H and O–H groups in total. The number of nitrogens with one attached hydrogen (secondary N) is 1. The van der Waals surface area contributed by atoms with Crippen molar-refractivity contribution in [3.05, 3.63) is 75.7 Å². The lowest BCUT2D eigenvalue weighted by atomic mass is 10.1. The number of aromatic nitrogens is 2. The average molecular weight is 410 g/mol. The Hall–Kier alpha value is -2.71. The molecule has 0 aliphatic rings. The summed E-state index contributed by atoms with van der Waals surface area (Å²) in [4.78, 5) is 12.2. The molecule has 0 saturated carbocycles. The number of carbonyl (C=O) groups excluding carboxylic acids is 1. The van der Waals surface area contributed by atoms with E-state index in [1.807, 2.05) is 6.07 Å². The van der Waals surface area contributed by atoms with E-state index in [9.17, 15) is 18.0 Å². The molecule has 4 nitrogen and oxygen atoms in total. The van der Waals surface area contributed by atoms with Crippen molar-refractivity contribution in [1.29, 1.82) is 0 Å². The number of anilines is 1. The van der Waals surface area contributed by atoms with Crippen LogP contribution in [0.25, 0.3) is 11.1 Å². The summed E-state index contributed by atoms with van der Waals surface area (Å²) < 4.78 is 38.3. The Morgan fingerprint density at radius 1 is 1.04 bits per heavy atom. The number of para-hydroxylation sites is 1. The van der Waals surface area contributed by atoms with Gasteiger partial charge in [0.05, 0.1) is 10.6 Å². The molecule has 0 atom stereocenters. The summed E-state index contributed by atoms with van der Waals surface area (Å²) in [6, 6.07) is 13.5. The van der Waals surface area contributed by atoms with E-state index in [1.165, 1.54) is 18.2 Å². The van der Waals surface area contributed by atoms with Gasteiger partial charge in [-0.2, -0.15) is 13.2 Å². The molecule has 0 aliphatic carbocycles. The lowest BCUT2D eigenvalue weighted by Crippen LogP contribution is -2.11. The monoisotopic (exact) mass is 409 g/mol. The summed E-state index contributed by atoms with van der Waals surface area (Å²) in [6.45, 7) is 0. The largest absolute Gasteiger partial charge is 0.416 e. The van der Waals surface area contributed by atoms with Crippen LogP contribution in [0.2, 0.25) is 0 Å². The first-order chi connectivity index (χ1) is 12.8. The van der Waals surface area contributed by atoms with E-state index in [2.05, 4.69) is 15.5 Å². The molecule has 0 bridgehead atoms. The molecule has 0 spiro atoms. The van der Waals surface area contributed by atoms with Crippen molar-refractivity contribution >= 4 is 45.6 Å². The highest BCUT2D eigenvalue weighted by Gasteiger charge is 2.30. The Morgan fingerprint density at radius 3 is 2.44 bits per heavy atom. The van der Waals surface area contributed by atoms with E-state index in [4.69, 9.17) is 11.6 Å². The van der Waals surface area contributed by atoms with E-state index in [0.717, 1.165) is 23.5 Å². The van der Waals surface area contributed by atoms with Crippen LogP contribution in [-0.4, -0.2) is 16.1 Å². The van der Waals surface area contributed by atoms with Gasteiger partial charge in [0.1, 0.15) is 0 Å². The fourth-order valence-electron chi connectivity index (χ4n) is 2.13. The fourth-order valence-corrected chi connectivity index (χ4v) is 3.06. The van der Waals surface area contributed by atoms with Gasteiger partial charge in [-0.05, 0) is 35.9 Å². The van der Waals surface area contributed by atoms with Crippen LogP contribution in [0.15, 0.2) is 54.6 Å². The predicted octanol–water partition coefficient (Wildman–Crippen LogP) is 5.55. The highest BCUT2D eigenvalue weighted by atomic mass is 35.5. The molecule has 1 heterocycles. The Labute approximate surface area is 161 Å². The summed E-state index contributed by atoms with van der Waals surface area (Å²) >= 11 is 7.08. The molecule has 3 rings (SSSR count). The summed E-state index contributed by atoms with van der Waals surface area (Å²) in [5.74, 6) is -0.450. The van der Waals surface area contributed by atoms with Gasteiger partial charge in [0.25, 0.3) is 5.91 Å². The van der Waals surface area contributed by atoms with Gasteiger partial charge in [-0.15, -0.1) is 10.2 Å². The number of hydrogen-bond acceptors (Lipinski definition) is 4. The van der Waals surface area contributed by atoms with Crippen molar-refractivity contribution in [1.82, 2.24) is 10.2 Å². The number of nitrogens with zero attached hydrogens (tertiary/aromatic N) is 2. The third kappa shape index (κ3) is 4.93. The molecular formula is C18H11ClF3N3OS. The van der Waals surface area contributed by atoms with Crippen LogP contribution in [0.1, 0.15) is 25.9 Å². The Balaban J connectivity index is 1.77. The van der Waals surface area contributed by atoms with Crippen molar-refractivity contribution in [2.24, 2.45) is 0 Å². The van der Waals surface area contributed by atoms with Gasteiger partial charge in [-0.25, -0.2) is 0 Å². The molecule has 1 aromatic heterocycles. The fraction of sp³-hybridized carbons (Fsp3) is 0.0556. The van der Waals surface area contributed by atoms with Gasteiger partial charge in [-0.3, -0.25) is 4.79 Å². The van der Waals surface area contributed by atoms with Crippen molar-refractivity contribution < 1.29 is 18.0 Å². The number of benzene rings is 2. The third-order valence-electron chi connectivity index (χ3n) is 3.36. The maximum Gasteiger partial charge on any atom is 0.416 e. The van der Waals surface area contributed by atoms with Crippen molar-refractivity contribution in [2.75, 3.05) is 5.32 Å². The molecule has 9 heteroatoms. The first-order valence-electron chi connectivity index (χ1n) is 7.57. The second kappa shape index (κ2) is 7.89. The van der Waals surface area contributed by atoms with Crippen LogP contribution in [0.4, 0.5) is 18.9 Å². The van der Waals surface area contributed by atoms with E-state index in [1.54, 1.807) is 24.3 Å². The maximum atomic E-state index is 12.8. The average Bonchev–Trinajstić information content (AvgIpc) is 3.12. The molecule has 3 aromatic rings. The molecule has 0 unspecified atom stereocenters. The van der Waals surface area contributed by atoms with Gasteiger partial charge < -0.3 is 5.32 Å². The number of alkyl halides is 3. The normalized spacial score (nSPS) is 12.1. The SMILES string of the molecule is O=C(Nc1ccccc1)c1nnc(/C(Cl)=C/c2cccc(C(F)(F)F)c2)s1. The van der Waals surface area contributed by atoms with Crippen LogP contribution in [-0.2, 0) is 6.18 Å². The molecule has 0 radical (unpaired) electrons. The lowest BCUT2D eigenvalue weighted by Gasteiger charge is -2.06. The molecule has 1 amide bonds. The van der Waals surface area contributed by atoms with Gasteiger partial charge >= 0.3 is 6.18 Å². The molecule has 27 heavy (non-hydrogen) atoms. The van der Waals surface area contributed by atoms with Crippen LogP contribution in [0.3, 0.4) is 0 Å². The molecule has 138 valence electrons. The summed E-state index contributed by atoms with van der Waals surface area (Å²) in [7, 11) is 0. The van der Waals surface area contributed by atoms with Crippen LogP contribution in [0.5, 0.6) is 0 Å². The number of halogens is 4. The molecule has 0 saturated heterocycles. The minimum atomic E-state index is -4.44. The zero-order chi connectivity index (χ0) is 19.4. The van der Waals surface area contributed by atoms with Gasteiger partial charge in [0.2, 0.25) is 5.01 Å². The van der Waals surface area contributed by atoms with Crippen molar-refractivity contribution in [3.63, 3.8) is 0 Å². The Morgan fingerprint density at radius 2 is 1.74 bits per heavy atom. The molecular weight excluding hydrogens is 399 g/mol. The van der Waals surface area contributed by atoms with Crippen LogP contribution < -0.4 is 5.32 Å². The summed E-state index contributed by atoms with van der Waals surface area (Å²) in [5, 5.41) is 10.7. The van der Waals surface area contributed by atoms with Crippen molar-refractivity contribution in [2.45, 2.75) is 6.18 Å². The van der Waals surface area contributed by atoms with E-state index in [0.29, 0.717) is 5.69 Å². The zero-order valence-corrected chi connectivity index (χ0v) is 15.1. The zero-order valence-electron chi connectivity index (χ0n) is 13.5. The summed E-state index contributed by atoms with van der Waals surface area (Å²) in [5.41, 5.74) is 0.0890. The second-order valence-corrected chi connectivity index (χ2v) is 6.73. The Bertz CT molecular complexity index is 987. The number of hydrogen-bond donors (Lipinski definition) is 1. The van der Waals surface area contributed by atoms with E-state index >= 15 is 0 Å². The number of carbonyl (C=O) groups is 1. The highest BCUT2D eigenvalue weighted by molar-refractivity contribution is 7.15. The lowest BCUT2D eigenvalue weighted by molar-refractivity contribution is -0.137. The highest BCUT2D eigenvalue weighted by Crippen LogP contribution is 2.31. The number of amides is 1. The predicted molar refractivity (Wildman–Crippen MR) is 99.5 cm³/mol. The molecule has 0 aliphatic heterocycles. The van der Waals surface area contributed by atoms with Crippen molar-refractivity contribution in [3.8, 4) is 0 Å². The first kappa shape index (κ1) is 19.1. The van der Waals surface area contributed by atoms with Gasteiger partial charge in [0.15, 0.2) is 5.01 Å². The minimum absolute atomic E-state index is 0.0874. The van der Waals surface area contributed by atoms with Crippen LogP contribution >= 0.6 is 22.9 Å². The van der Waals surface area contributed by atoms with E-state index in [-0.39, 0.29) is 20.6 Å². The third-order valence-corrected chi connectivity index (χ3v) is 4.72. The maximum absolute atomic E-state index is 12.8. The number of rotatable bonds is 4. The topological polar surface area (TPSA) is 54.9 Å². The molecule has 0 fully saturated rings. The Kier molecular flexibility index (Phi) is 5.57. The van der Waals surface area contributed by atoms with Gasteiger partial charge in [-0.1, -0.05) is 53.3 Å². The van der Waals surface area contributed by atoms with Gasteiger partial charge in [0, 0.05) is 5.69 Å². The quantitative estimate of drug-likeness (QED) is 0.615. The summed E-state index contributed by atoms with van der Waals surface area (Å²) in [6.07, 6.45) is -3.10. The molecule has 2 aromatic carbocycles. The van der Waals surface area contributed by atoms with E-state index < -0.39 is 17.6 Å². The standard InChI is InChI=1S/C18H11ClF3N3OS/c19-14(10-11-5-4-6-12(9-11)18(20,21)22)16-24-25-17(27-16)15(26)23-13-7-2-1-3-8-13/h1-10H,(H,23,26)/b14-10-.